The van der Waals surface area contributed by atoms with Gasteiger partial charge in [-0.3, -0.25) is 9.36 Å². The summed E-state index contributed by atoms with van der Waals surface area (Å²) in [5.74, 6) is 0. The summed E-state index contributed by atoms with van der Waals surface area (Å²) in [5, 5.41) is 1.80. The molecule has 30 heavy (non-hydrogen) atoms. The van der Waals surface area contributed by atoms with Gasteiger partial charge in [0.15, 0.2) is 0 Å². The zero-order valence-corrected chi connectivity index (χ0v) is 18.4. The van der Waals surface area contributed by atoms with Crippen LogP contribution in [0.25, 0.3) is 15.9 Å². The fourth-order valence-electron chi connectivity index (χ4n) is 4.12. The highest BCUT2D eigenvalue weighted by molar-refractivity contribution is 7.18. The lowest BCUT2D eigenvalue weighted by atomic mass is 9.97. The number of benzene rings is 2. The van der Waals surface area contributed by atoms with Crippen LogP contribution in [0.15, 0.2) is 58.1 Å². The monoisotopic (exact) mass is 456 g/mol. The topological polar surface area (TPSA) is 44.0 Å². The summed E-state index contributed by atoms with van der Waals surface area (Å²) in [5.41, 5.74) is 1.92. The summed E-state index contributed by atoms with van der Waals surface area (Å²) in [7, 11) is 0. The van der Waals surface area contributed by atoms with Crippen LogP contribution < -0.4 is 11.2 Å². The average molecular weight is 457 g/mol. The van der Waals surface area contributed by atoms with E-state index in [0.29, 0.717) is 27.7 Å². The first-order valence-electron chi connectivity index (χ1n) is 9.83. The van der Waals surface area contributed by atoms with E-state index >= 15 is 0 Å². The molecule has 0 spiro atoms. The SMILES string of the molecule is O=c1c2c3c(sc2n(Cc2ccc(Cl)cc2)c(=O)n1-c1cccc(Cl)c1)CCCC3. The van der Waals surface area contributed by atoms with Crippen LogP contribution in [0.1, 0.15) is 28.8 Å². The van der Waals surface area contributed by atoms with E-state index < -0.39 is 0 Å². The molecule has 5 rings (SSSR count). The Labute approximate surface area is 186 Å². The number of fused-ring (bicyclic) bond motifs is 3. The summed E-state index contributed by atoms with van der Waals surface area (Å²) in [6.07, 6.45) is 4.01. The highest BCUT2D eigenvalue weighted by atomic mass is 35.5. The highest BCUT2D eigenvalue weighted by Gasteiger charge is 2.24. The number of hydrogen-bond donors (Lipinski definition) is 0. The van der Waals surface area contributed by atoms with E-state index in [4.69, 9.17) is 23.2 Å². The van der Waals surface area contributed by atoms with Crippen molar-refractivity contribution < 1.29 is 0 Å². The van der Waals surface area contributed by atoms with Crippen LogP contribution in [0.5, 0.6) is 0 Å². The number of aryl methyl sites for hydroxylation is 2. The maximum absolute atomic E-state index is 13.6. The van der Waals surface area contributed by atoms with Gasteiger partial charge in [0.1, 0.15) is 4.83 Å². The number of aromatic nitrogens is 2. The minimum absolute atomic E-state index is 0.260. The number of rotatable bonds is 3. The normalized spacial score (nSPS) is 13.5. The third kappa shape index (κ3) is 3.31. The van der Waals surface area contributed by atoms with Crippen LogP contribution >= 0.6 is 34.5 Å². The van der Waals surface area contributed by atoms with Crippen LogP contribution in [-0.2, 0) is 19.4 Å². The van der Waals surface area contributed by atoms with Gasteiger partial charge in [0, 0.05) is 14.9 Å². The van der Waals surface area contributed by atoms with Crippen molar-refractivity contribution in [2.75, 3.05) is 0 Å². The van der Waals surface area contributed by atoms with E-state index in [1.165, 1.54) is 9.44 Å². The smallest absolute Gasteiger partial charge is 0.280 e. The predicted octanol–water partition coefficient (Wildman–Crippen LogP) is 5.45. The third-order valence-electron chi connectivity index (χ3n) is 5.56. The zero-order chi connectivity index (χ0) is 20.8. The van der Waals surface area contributed by atoms with E-state index in [9.17, 15) is 9.59 Å². The van der Waals surface area contributed by atoms with Crippen LogP contribution in [-0.4, -0.2) is 9.13 Å². The Morgan fingerprint density at radius 3 is 2.47 bits per heavy atom. The standard InChI is InChI=1S/C23H18Cl2N2O2S/c24-15-10-8-14(9-11-15)13-26-22-20(18-6-1-2-7-19(18)30-22)21(28)27(23(26)29)17-5-3-4-16(25)12-17/h3-5,8-12H,1-2,6-7,13H2. The quantitative estimate of drug-likeness (QED) is 0.411. The molecule has 2 aromatic carbocycles. The molecule has 7 heteroatoms. The Hall–Kier alpha value is -2.34. The second-order valence-electron chi connectivity index (χ2n) is 7.51. The van der Waals surface area contributed by atoms with Crippen LogP contribution in [0, 0.1) is 0 Å². The molecule has 4 aromatic rings. The molecule has 152 valence electrons. The Morgan fingerprint density at radius 1 is 0.933 bits per heavy atom. The molecule has 0 amide bonds. The lowest BCUT2D eigenvalue weighted by Crippen LogP contribution is -2.39. The van der Waals surface area contributed by atoms with E-state index in [-0.39, 0.29) is 11.2 Å². The van der Waals surface area contributed by atoms with Gasteiger partial charge < -0.3 is 0 Å². The van der Waals surface area contributed by atoms with Gasteiger partial charge in [-0.05, 0) is 67.1 Å². The van der Waals surface area contributed by atoms with Crippen molar-refractivity contribution in [2.45, 2.75) is 32.2 Å². The average Bonchev–Trinajstić information content (AvgIpc) is 3.12. The largest absolute Gasteiger partial charge is 0.337 e. The summed E-state index contributed by atoms with van der Waals surface area (Å²) < 4.78 is 2.97. The van der Waals surface area contributed by atoms with Gasteiger partial charge in [0.05, 0.1) is 17.6 Å². The molecule has 0 bridgehead atoms. The molecule has 0 atom stereocenters. The van der Waals surface area contributed by atoms with E-state index in [1.54, 1.807) is 40.2 Å². The summed E-state index contributed by atoms with van der Waals surface area (Å²) in [6, 6.07) is 14.3. The van der Waals surface area contributed by atoms with Crippen molar-refractivity contribution in [3.63, 3.8) is 0 Å². The fourth-order valence-corrected chi connectivity index (χ4v) is 5.81. The molecule has 0 saturated heterocycles. The van der Waals surface area contributed by atoms with Gasteiger partial charge >= 0.3 is 5.69 Å². The van der Waals surface area contributed by atoms with Crippen molar-refractivity contribution in [1.82, 2.24) is 9.13 Å². The molecule has 0 saturated carbocycles. The molecule has 0 fully saturated rings. The summed E-state index contributed by atoms with van der Waals surface area (Å²) in [6.45, 7) is 0.368. The first-order valence-corrected chi connectivity index (χ1v) is 11.4. The maximum Gasteiger partial charge on any atom is 0.337 e. The summed E-state index contributed by atoms with van der Waals surface area (Å²) >= 11 is 13.8. The molecule has 4 nitrogen and oxygen atoms in total. The van der Waals surface area contributed by atoms with Gasteiger partial charge in [-0.25, -0.2) is 9.36 Å². The second-order valence-corrected chi connectivity index (χ2v) is 9.46. The predicted molar refractivity (Wildman–Crippen MR) is 124 cm³/mol. The van der Waals surface area contributed by atoms with Gasteiger partial charge in [-0.2, -0.15) is 0 Å². The molecular weight excluding hydrogens is 439 g/mol. The molecular formula is C23H18Cl2N2O2S. The molecule has 0 radical (unpaired) electrons. The minimum Gasteiger partial charge on any atom is -0.280 e. The van der Waals surface area contributed by atoms with Crippen molar-refractivity contribution in [3.05, 3.63) is 95.4 Å². The lowest BCUT2D eigenvalue weighted by Gasteiger charge is -2.14. The molecule has 0 aliphatic heterocycles. The van der Waals surface area contributed by atoms with Gasteiger partial charge in [-0.15, -0.1) is 11.3 Å². The number of hydrogen-bond acceptors (Lipinski definition) is 3. The third-order valence-corrected chi connectivity index (χ3v) is 7.36. The first-order chi connectivity index (χ1) is 14.5. The number of halogens is 2. The second kappa shape index (κ2) is 7.73. The van der Waals surface area contributed by atoms with E-state index in [0.717, 1.165) is 41.6 Å². The zero-order valence-electron chi connectivity index (χ0n) is 16.0. The maximum atomic E-state index is 13.6. The van der Waals surface area contributed by atoms with Gasteiger partial charge in [0.25, 0.3) is 5.56 Å². The lowest BCUT2D eigenvalue weighted by molar-refractivity contribution is 0.696. The fraction of sp³-hybridized carbons (Fsp3) is 0.217. The Balaban J connectivity index is 1.83. The minimum atomic E-state index is -0.358. The highest BCUT2D eigenvalue weighted by Crippen LogP contribution is 2.34. The Bertz CT molecular complexity index is 1380. The van der Waals surface area contributed by atoms with Crippen molar-refractivity contribution in [2.24, 2.45) is 0 Å². The van der Waals surface area contributed by atoms with Crippen molar-refractivity contribution in [1.29, 1.82) is 0 Å². The van der Waals surface area contributed by atoms with Crippen molar-refractivity contribution >= 4 is 44.8 Å². The van der Waals surface area contributed by atoms with Gasteiger partial charge in [0.2, 0.25) is 0 Å². The van der Waals surface area contributed by atoms with Crippen molar-refractivity contribution in [3.8, 4) is 5.69 Å². The number of nitrogens with zero attached hydrogens (tertiary/aromatic N) is 2. The van der Waals surface area contributed by atoms with Crippen LogP contribution in [0.2, 0.25) is 10.0 Å². The molecule has 2 heterocycles. The van der Waals surface area contributed by atoms with E-state index in [2.05, 4.69) is 0 Å². The summed E-state index contributed by atoms with van der Waals surface area (Å²) in [4.78, 5) is 29.1. The molecule has 0 N–H and O–H groups in total. The first kappa shape index (κ1) is 19.6. The Morgan fingerprint density at radius 2 is 1.70 bits per heavy atom. The molecule has 2 aromatic heterocycles. The number of thiophene rings is 1. The molecule has 1 aliphatic rings. The van der Waals surface area contributed by atoms with E-state index in [1.807, 2.05) is 24.3 Å². The Kier molecular flexibility index (Phi) is 5.05. The van der Waals surface area contributed by atoms with Crippen LogP contribution in [0.3, 0.4) is 0 Å². The molecule has 1 aliphatic carbocycles. The van der Waals surface area contributed by atoms with Crippen LogP contribution in [0.4, 0.5) is 0 Å². The molecule has 0 unspecified atom stereocenters. The van der Waals surface area contributed by atoms with Gasteiger partial charge in [-0.1, -0.05) is 41.4 Å².